The van der Waals surface area contributed by atoms with E-state index < -0.39 is 0 Å². The largest absolute Gasteiger partial charge is 0.495 e. The number of aromatic nitrogens is 2. The zero-order valence-corrected chi connectivity index (χ0v) is 11.4. The standard InChI is InChI=1S/C15H16N4O/c1-20-14-8-12(2-3-13(14)9-16)10-18-6-7-19-5-4-17-15(19)11-18/h2-5,8H,6-7,10-11H2,1H3. The van der Waals surface area contributed by atoms with Crippen molar-refractivity contribution in [2.75, 3.05) is 13.7 Å². The van der Waals surface area contributed by atoms with Gasteiger partial charge in [-0.2, -0.15) is 5.26 Å². The van der Waals surface area contributed by atoms with E-state index in [1.165, 1.54) is 0 Å². The van der Waals surface area contributed by atoms with E-state index in [1.54, 1.807) is 7.11 Å². The fourth-order valence-corrected chi connectivity index (χ4v) is 2.54. The normalized spacial score (nSPS) is 14.6. The highest BCUT2D eigenvalue weighted by Gasteiger charge is 2.17. The van der Waals surface area contributed by atoms with Gasteiger partial charge in [-0.25, -0.2) is 4.98 Å². The first-order valence-corrected chi connectivity index (χ1v) is 6.59. The molecule has 102 valence electrons. The van der Waals surface area contributed by atoms with Gasteiger partial charge in [-0.15, -0.1) is 0 Å². The van der Waals surface area contributed by atoms with Crippen LogP contribution in [0.3, 0.4) is 0 Å². The van der Waals surface area contributed by atoms with Crippen LogP contribution in [0.1, 0.15) is 17.0 Å². The molecule has 1 aromatic heterocycles. The van der Waals surface area contributed by atoms with Gasteiger partial charge in [0.2, 0.25) is 0 Å². The van der Waals surface area contributed by atoms with E-state index in [9.17, 15) is 0 Å². The minimum absolute atomic E-state index is 0.574. The molecule has 0 amide bonds. The number of hydrogen-bond donors (Lipinski definition) is 0. The lowest BCUT2D eigenvalue weighted by molar-refractivity contribution is 0.208. The van der Waals surface area contributed by atoms with Crippen LogP contribution < -0.4 is 4.74 Å². The zero-order valence-electron chi connectivity index (χ0n) is 11.4. The van der Waals surface area contributed by atoms with Crippen LogP contribution in [-0.4, -0.2) is 28.1 Å². The van der Waals surface area contributed by atoms with Crippen LogP contribution in [0.15, 0.2) is 30.6 Å². The molecule has 0 unspecified atom stereocenters. The molecule has 0 N–H and O–H groups in total. The highest BCUT2D eigenvalue weighted by Crippen LogP contribution is 2.21. The van der Waals surface area contributed by atoms with Crippen LogP contribution in [0, 0.1) is 11.3 Å². The van der Waals surface area contributed by atoms with Gasteiger partial charge in [-0.1, -0.05) is 6.07 Å². The number of ether oxygens (including phenoxy) is 1. The molecular formula is C15H16N4O. The van der Waals surface area contributed by atoms with E-state index in [0.29, 0.717) is 11.3 Å². The minimum atomic E-state index is 0.574. The lowest BCUT2D eigenvalue weighted by Gasteiger charge is -2.27. The maximum Gasteiger partial charge on any atom is 0.136 e. The number of imidazole rings is 1. The van der Waals surface area contributed by atoms with Crippen molar-refractivity contribution < 1.29 is 4.74 Å². The number of hydrogen-bond acceptors (Lipinski definition) is 4. The molecule has 1 aliphatic heterocycles. The SMILES string of the molecule is COc1cc(CN2CCn3ccnc3C2)ccc1C#N. The van der Waals surface area contributed by atoms with E-state index in [0.717, 1.165) is 37.6 Å². The molecule has 3 rings (SSSR count). The fraction of sp³-hybridized carbons (Fsp3) is 0.333. The second-order valence-corrected chi connectivity index (χ2v) is 4.89. The van der Waals surface area contributed by atoms with Gasteiger partial charge >= 0.3 is 0 Å². The zero-order chi connectivity index (χ0) is 13.9. The van der Waals surface area contributed by atoms with Crippen molar-refractivity contribution >= 4 is 0 Å². The molecule has 5 heteroatoms. The summed E-state index contributed by atoms with van der Waals surface area (Å²) in [4.78, 5) is 6.71. The Morgan fingerprint density at radius 3 is 3.10 bits per heavy atom. The molecule has 0 fully saturated rings. The molecule has 0 atom stereocenters. The number of rotatable bonds is 3. The molecule has 1 aromatic carbocycles. The van der Waals surface area contributed by atoms with Gasteiger partial charge in [-0.05, 0) is 17.7 Å². The monoisotopic (exact) mass is 268 g/mol. The molecule has 0 aliphatic carbocycles. The molecular weight excluding hydrogens is 252 g/mol. The van der Waals surface area contributed by atoms with Gasteiger partial charge in [0.1, 0.15) is 17.6 Å². The number of fused-ring (bicyclic) bond motifs is 1. The summed E-state index contributed by atoms with van der Waals surface area (Å²) < 4.78 is 7.44. The van der Waals surface area contributed by atoms with Gasteiger partial charge in [0, 0.05) is 32.0 Å². The van der Waals surface area contributed by atoms with Gasteiger partial charge in [0.15, 0.2) is 0 Å². The molecule has 0 spiro atoms. The molecule has 20 heavy (non-hydrogen) atoms. The molecule has 0 saturated heterocycles. The predicted octanol–water partition coefficient (Wildman–Crippen LogP) is 1.78. The van der Waals surface area contributed by atoms with E-state index in [1.807, 2.05) is 30.6 Å². The van der Waals surface area contributed by atoms with E-state index in [2.05, 4.69) is 20.5 Å². The summed E-state index contributed by atoms with van der Waals surface area (Å²) in [6.45, 7) is 3.68. The Morgan fingerprint density at radius 1 is 1.40 bits per heavy atom. The number of methoxy groups -OCH3 is 1. The predicted molar refractivity (Wildman–Crippen MR) is 74.1 cm³/mol. The van der Waals surface area contributed by atoms with Crippen molar-refractivity contribution in [3.63, 3.8) is 0 Å². The van der Waals surface area contributed by atoms with Crippen LogP contribution in [0.25, 0.3) is 0 Å². The topological polar surface area (TPSA) is 54.1 Å². The molecule has 0 radical (unpaired) electrons. The molecule has 0 bridgehead atoms. The minimum Gasteiger partial charge on any atom is -0.495 e. The average Bonchev–Trinajstić information content (AvgIpc) is 2.94. The highest BCUT2D eigenvalue weighted by atomic mass is 16.5. The summed E-state index contributed by atoms with van der Waals surface area (Å²) in [5, 5.41) is 9.00. The van der Waals surface area contributed by atoms with Crippen molar-refractivity contribution in [3.05, 3.63) is 47.5 Å². The number of nitriles is 1. The van der Waals surface area contributed by atoms with Crippen LogP contribution in [-0.2, 0) is 19.6 Å². The number of benzene rings is 1. The van der Waals surface area contributed by atoms with Crippen molar-refractivity contribution in [3.8, 4) is 11.8 Å². The Labute approximate surface area is 118 Å². The summed E-state index contributed by atoms with van der Waals surface area (Å²) >= 11 is 0. The molecule has 2 aromatic rings. The first-order chi connectivity index (χ1) is 9.80. The third-order valence-corrected chi connectivity index (χ3v) is 3.62. The summed E-state index contributed by atoms with van der Waals surface area (Å²) in [6.07, 6.45) is 3.88. The molecule has 5 nitrogen and oxygen atoms in total. The third kappa shape index (κ3) is 2.38. The van der Waals surface area contributed by atoms with Gasteiger partial charge in [0.25, 0.3) is 0 Å². The van der Waals surface area contributed by atoms with Crippen LogP contribution in [0.4, 0.5) is 0 Å². The second-order valence-electron chi connectivity index (χ2n) is 4.89. The van der Waals surface area contributed by atoms with Gasteiger partial charge in [0.05, 0.1) is 19.2 Å². The van der Waals surface area contributed by atoms with Gasteiger partial charge in [-0.3, -0.25) is 4.90 Å². The Bertz CT molecular complexity index is 656. The summed E-state index contributed by atoms with van der Waals surface area (Å²) in [7, 11) is 1.59. The molecule has 2 heterocycles. The van der Waals surface area contributed by atoms with Crippen molar-refractivity contribution in [1.29, 1.82) is 5.26 Å². The van der Waals surface area contributed by atoms with E-state index in [4.69, 9.17) is 10.00 Å². The van der Waals surface area contributed by atoms with Crippen molar-refractivity contribution in [2.24, 2.45) is 0 Å². The van der Waals surface area contributed by atoms with Crippen molar-refractivity contribution in [2.45, 2.75) is 19.6 Å². The molecule has 1 aliphatic rings. The van der Waals surface area contributed by atoms with E-state index >= 15 is 0 Å². The maximum absolute atomic E-state index is 9.00. The molecule has 0 saturated carbocycles. The quantitative estimate of drug-likeness (QED) is 0.851. The number of nitrogens with zero attached hydrogens (tertiary/aromatic N) is 4. The first kappa shape index (κ1) is 12.7. The Kier molecular flexibility index (Phi) is 3.40. The Balaban J connectivity index is 1.74. The Morgan fingerprint density at radius 2 is 2.30 bits per heavy atom. The van der Waals surface area contributed by atoms with Crippen LogP contribution >= 0.6 is 0 Å². The highest BCUT2D eigenvalue weighted by molar-refractivity contribution is 5.45. The van der Waals surface area contributed by atoms with E-state index in [-0.39, 0.29) is 0 Å². The summed E-state index contributed by atoms with van der Waals surface area (Å²) in [5.41, 5.74) is 1.73. The maximum atomic E-state index is 9.00. The Hall–Kier alpha value is -2.32. The third-order valence-electron chi connectivity index (χ3n) is 3.62. The fourth-order valence-electron chi connectivity index (χ4n) is 2.54. The summed E-state index contributed by atoms with van der Waals surface area (Å²) in [5.74, 6) is 1.75. The van der Waals surface area contributed by atoms with Gasteiger partial charge < -0.3 is 9.30 Å². The first-order valence-electron chi connectivity index (χ1n) is 6.59. The average molecular weight is 268 g/mol. The van der Waals surface area contributed by atoms with Crippen molar-refractivity contribution in [1.82, 2.24) is 14.5 Å². The smallest absolute Gasteiger partial charge is 0.136 e. The summed E-state index contributed by atoms with van der Waals surface area (Å²) in [6, 6.07) is 7.89. The lowest BCUT2D eigenvalue weighted by Crippen LogP contribution is -2.33. The lowest BCUT2D eigenvalue weighted by atomic mass is 10.1. The van der Waals surface area contributed by atoms with Crippen LogP contribution in [0.5, 0.6) is 5.75 Å². The van der Waals surface area contributed by atoms with Crippen LogP contribution in [0.2, 0.25) is 0 Å². The second kappa shape index (κ2) is 5.35.